The molecule has 0 amide bonds. The predicted octanol–water partition coefficient (Wildman–Crippen LogP) is 2.44. The minimum Gasteiger partial charge on any atom is -0.330 e. The lowest BCUT2D eigenvalue weighted by Crippen LogP contribution is -2.13. The molecular formula is C12H19N. The van der Waals surface area contributed by atoms with Crippen LogP contribution in [0.25, 0.3) is 0 Å². The minimum absolute atomic E-state index is 0.585. The maximum atomic E-state index is 5.59. The van der Waals surface area contributed by atoms with E-state index in [1.807, 2.05) is 0 Å². The fourth-order valence-electron chi connectivity index (χ4n) is 1.42. The van der Waals surface area contributed by atoms with E-state index in [0.717, 1.165) is 13.0 Å². The Morgan fingerprint density at radius 3 is 2.46 bits per heavy atom. The molecule has 1 aromatic carbocycles. The molecule has 13 heavy (non-hydrogen) atoms. The van der Waals surface area contributed by atoms with Crippen molar-refractivity contribution in [3.05, 3.63) is 34.9 Å². The topological polar surface area (TPSA) is 26.0 Å². The highest BCUT2D eigenvalue weighted by atomic mass is 14.5. The summed E-state index contributed by atoms with van der Waals surface area (Å²) in [5, 5.41) is 0. The van der Waals surface area contributed by atoms with Crippen LogP contribution in [0.4, 0.5) is 0 Å². The first-order chi connectivity index (χ1) is 6.13. The third kappa shape index (κ3) is 2.85. The van der Waals surface area contributed by atoms with Crippen LogP contribution in [0.3, 0.4) is 0 Å². The second-order valence-corrected chi connectivity index (χ2v) is 3.96. The molecule has 0 saturated heterocycles. The zero-order valence-electron chi connectivity index (χ0n) is 8.80. The van der Waals surface area contributed by atoms with E-state index >= 15 is 0 Å². The van der Waals surface area contributed by atoms with E-state index in [0.29, 0.717) is 5.92 Å². The number of aryl methyl sites for hydroxylation is 2. The molecule has 1 heteroatoms. The molecule has 1 nitrogen and oxygen atoms in total. The highest BCUT2D eigenvalue weighted by molar-refractivity contribution is 5.30. The van der Waals surface area contributed by atoms with Crippen LogP contribution < -0.4 is 5.73 Å². The first-order valence-electron chi connectivity index (χ1n) is 4.89. The van der Waals surface area contributed by atoms with Gasteiger partial charge < -0.3 is 5.73 Å². The van der Waals surface area contributed by atoms with Gasteiger partial charge in [-0.1, -0.05) is 25.1 Å². The molecule has 1 unspecified atom stereocenters. The summed E-state index contributed by atoms with van der Waals surface area (Å²) in [4.78, 5) is 0. The molecule has 0 aliphatic rings. The summed E-state index contributed by atoms with van der Waals surface area (Å²) in [7, 11) is 0. The molecule has 0 spiro atoms. The summed E-state index contributed by atoms with van der Waals surface area (Å²) < 4.78 is 0. The average molecular weight is 177 g/mol. The number of benzene rings is 1. The smallest absolute Gasteiger partial charge is 0.00483 e. The van der Waals surface area contributed by atoms with Gasteiger partial charge >= 0.3 is 0 Å². The van der Waals surface area contributed by atoms with Crippen molar-refractivity contribution in [1.29, 1.82) is 0 Å². The molecule has 0 aliphatic carbocycles. The van der Waals surface area contributed by atoms with Gasteiger partial charge in [-0.25, -0.2) is 0 Å². The lowest BCUT2D eigenvalue weighted by Gasteiger charge is -2.09. The van der Waals surface area contributed by atoms with Crippen LogP contribution in [-0.2, 0) is 6.42 Å². The highest BCUT2D eigenvalue weighted by Gasteiger charge is 2.01. The molecule has 2 N–H and O–H groups in total. The van der Waals surface area contributed by atoms with Crippen molar-refractivity contribution in [1.82, 2.24) is 0 Å². The van der Waals surface area contributed by atoms with Crippen molar-refractivity contribution in [2.75, 3.05) is 6.54 Å². The van der Waals surface area contributed by atoms with E-state index in [2.05, 4.69) is 39.0 Å². The molecule has 1 rings (SSSR count). The molecule has 0 aromatic heterocycles. The summed E-state index contributed by atoms with van der Waals surface area (Å²) >= 11 is 0. The van der Waals surface area contributed by atoms with Gasteiger partial charge in [0.25, 0.3) is 0 Å². The van der Waals surface area contributed by atoms with Crippen molar-refractivity contribution < 1.29 is 0 Å². The van der Waals surface area contributed by atoms with Gasteiger partial charge in [-0.2, -0.15) is 0 Å². The third-order valence-corrected chi connectivity index (χ3v) is 2.56. The number of rotatable bonds is 3. The lowest BCUT2D eigenvalue weighted by atomic mass is 9.98. The summed E-state index contributed by atoms with van der Waals surface area (Å²) in [5.74, 6) is 0.585. The van der Waals surface area contributed by atoms with Crippen molar-refractivity contribution in [3.8, 4) is 0 Å². The lowest BCUT2D eigenvalue weighted by molar-refractivity contribution is 0.593. The number of hydrogen-bond donors (Lipinski definition) is 1. The van der Waals surface area contributed by atoms with Crippen LogP contribution in [0.2, 0.25) is 0 Å². The van der Waals surface area contributed by atoms with Gasteiger partial charge in [0.1, 0.15) is 0 Å². The zero-order chi connectivity index (χ0) is 9.84. The summed E-state index contributed by atoms with van der Waals surface area (Å²) in [6.45, 7) is 7.26. The fourth-order valence-corrected chi connectivity index (χ4v) is 1.42. The zero-order valence-corrected chi connectivity index (χ0v) is 8.80. The van der Waals surface area contributed by atoms with E-state index in [4.69, 9.17) is 5.73 Å². The van der Waals surface area contributed by atoms with Crippen molar-refractivity contribution in [2.24, 2.45) is 11.7 Å². The third-order valence-electron chi connectivity index (χ3n) is 2.56. The first-order valence-corrected chi connectivity index (χ1v) is 4.89. The van der Waals surface area contributed by atoms with E-state index in [1.54, 1.807) is 0 Å². The summed E-state index contributed by atoms with van der Waals surface area (Å²) in [6.07, 6.45) is 1.09. The Kier molecular flexibility index (Phi) is 3.49. The van der Waals surface area contributed by atoms with Crippen molar-refractivity contribution in [2.45, 2.75) is 27.2 Å². The molecule has 0 fully saturated rings. The molecule has 1 atom stereocenters. The minimum atomic E-state index is 0.585. The summed E-state index contributed by atoms with van der Waals surface area (Å²) in [6, 6.07) is 6.66. The van der Waals surface area contributed by atoms with Gasteiger partial charge in [-0.05, 0) is 49.4 Å². The van der Waals surface area contributed by atoms with Crippen LogP contribution in [0, 0.1) is 19.8 Å². The van der Waals surface area contributed by atoms with Gasteiger partial charge in [-0.15, -0.1) is 0 Å². The number of nitrogens with two attached hydrogens (primary N) is 1. The SMILES string of the molecule is Cc1ccc(CC(C)CN)cc1C. The Bertz CT molecular complexity index is 278. The molecule has 0 saturated carbocycles. The normalized spacial score (nSPS) is 12.9. The first kappa shape index (κ1) is 10.3. The molecule has 0 heterocycles. The van der Waals surface area contributed by atoms with E-state index in [9.17, 15) is 0 Å². The van der Waals surface area contributed by atoms with Crippen LogP contribution in [-0.4, -0.2) is 6.54 Å². The quantitative estimate of drug-likeness (QED) is 0.754. The monoisotopic (exact) mass is 177 g/mol. The van der Waals surface area contributed by atoms with Gasteiger partial charge in [0.2, 0.25) is 0 Å². The highest BCUT2D eigenvalue weighted by Crippen LogP contribution is 2.13. The van der Waals surface area contributed by atoms with Gasteiger partial charge in [0.15, 0.2) is 0 Å². The second kappa shape index (κ2) is 4.43. The Morgan fingerprint density at radius 2 is 1.92 bits per heavy atom. The van der Waals surface area contributed by atoms with E-state index in [-0.39, 0.29) is 0 Å². The molecule has 0 radical (unpaired) electrons. The van der Waals surface area contributed by atoms with Gasteiger partial charge in [0, 0.05) is 0 Å². The summed E-state index contributed by atoms with van der Waals surface area (Å²) in [5.41, 5.74) is 9.73. The van der Waals surface area contributed by atoms with E-state index in [1.165, 1.54) is 16.7 Å². The maximum Gasteiger partial charge on any atom is -0.00483 e. The molecular weight excluding hydrogens is 158 g/mol. The van der Waals surface area contributed by atoms with Crippen LogP contribution in [0.15, 0.2) is 18.2 Å². The molecule has 1 aromatic rings. The Morgan fingerprint density at radius 1 is 1.23 bits per heavy atom. The van der Waals surface area contributed by atoms with Crippen molar-refractivity contribution in [3.63, 3.8) is 0 Å². The maximum absolute atomic E-state index is 5.59. The Labute approximate surface area is 81.0 Å². The molecule has 72 valence electrons. The number of hydrogen-bond acceptors (Lipinski definition) is 1. The Balaban J connectivity index is 2.73. The van der Waals surface area contributed by atoms with Crippen LogP contribution in [0.1, 0.15) is 23.6 Å². The van der Waals surface area contributed by atoms with E-state index < -0.39 is 0 Å². The molecule has 0 aliphatic heterocycles. The van der Waals surface area contributed by atoms with Crippen LogP contribution in [0.5, 0.6) is 0 Å². The van der Waals surface area contributed by atoms with Gasteiger partial charge in [-0.3, -0.25) is 0 Å². The van der Waals surface area contributed by atoms with Gasteiger partial charge in [0.05, 0.1) is 0 Å². The average Bonchev–Trinajstić information content (AvgIpc) is 2.11. The van der Waals surface area contributed by atoms with Crippen molar-refractivity contribution >= 4 is 0 Å². The second-order valence-electron chi connectivity index (χ2n) is 3.96. The fraction of sp³-hybridized carbons (Fsp3) is 0.500. The Hall–Kier alpha value is -0.820. The molecule has 0 bridgehead atoms. The predicted molar refractivity (Wildman–Crippen MR) is 57.8 cm³/mol. The standard InChI is InChI=1S/C12H19N/c1-9(8-13)6-12-5-4-10(2)11(3)7-12/h4-5,7,9H,6,8,13H2,1-3H3. The van der Waals surface area contributed by atoms with Crippen LogP contribution >= 0.6 is 0 Å². The largest absolute Gasteiger partial charge is 0.330 e.